The molecule has 2 heterocycles. The van der Waals surface area contributed by atoms with Crippen molar-refractivity contribution in [3.63, 3.8) is 0 Å². The number of para-hydroxylation sites is 1. The average Bonchev–Trinajstić information content (AvgIpc) is 3.41. The molecule has 3 aromatic rings. The van der Waals surface area contributed by atoms with Gasteiger partial charge < -0.3 is 24.3 Å². The lowest BCUT2D eigenvalue weighted by Gasteiger charge is -2.31. The van der Waals surface area contributed by atoms with Crippen LogP contribution in [0, 0.1) is 5.82 Å². The Morgan fingerprint density at radius 1 is 0.917 bits per heavy atom. The van der Waals surface area contributed by atoms with E-state index in [9.17, 15) is 14.0 Å². The summed E-state index contributed by atoms with van der Waals surface area (Å²) in [5.74, 6) is 0.0505. The number of carbonyl (C=O) groups excluding carboxylic acids is 2. The number of hydrogen-bond acceptors (Lipinski definition) is 5. The quantitative estimate of drug-likeness (QED) is 0.464. The van der Waals surface area contributed by atoms with Gasteiger partial charge in [0.05, 0.1) is 26.0 Å². The molecule has 0 atom stereocenters. The summed E-state index contributed by atoms with van der Waals surface area (Å²) in [5.41, 5.74) is 1.44. The minimum absolute atomic E-state index is 0.106. The lowest BCUT2D eigenvalue weighted by Crippen LogP contribution is -2.48. The number of rotatable bonds is 10. The smallest absolute Gasteiger partial charge is 0.322 e. The van der Waals surface area contributed by atoms with Crippen LogP contribution in [0.2, 0.25) is 0 Å². The Morgan fingerprint density at radius 3 is 2.36 bits per heavy atom. The Hall–Kier alpha value is -3.69. The monoisotopic (exact) mass is 494 g/mol. The van der Waals surface area contributed by atoms with Crippen LogP contribution in [0.15, 0.2) is 77.4 Å². The first-order valence-corrected chi connectivity index (χ1v) is 12.0. The number of ether oxygens (including phenoxy) is 1. The number of amides is 3. The third-order valence-electron chi connectivity index (χ3n) is 5.99. The van der Waals surface area contributed by atoms with E-state index in [1.807, 2.05) is 18.2 Å². The van der Waals surface area contributed by atoms with Gasteiger partial charge in [-0.15, -0.1) is 0 Å². The molecular weight excluding hydrogens is 463 g/mol. The number of benzene rings is 2. The van der Waals surface area contributed by atoms with Crippen molar-refractivity contribution in [2.75, 3.05) is 51.3 Å². The lowest BCUT2D eigenvalue weighted by molar-refractivity contribution is -0.133. The van der Waals surface area contributed by atoms with E-state index in [1.54, 1.807) is 47.6 Å². The molecule has 1 fully saturated rings. The molecule has 190 valence electrons. The summed E-state index contributed by atoms with van der Waals surface area (Å²) in [6.07, 6.45) is 1.55. The number of carbonyl (C=O) groups is 2. The number of nitrogens with zero attached hydrogens (tertiary/aromatic N) is 3. The minimum atomic E-state index is -0.345. The Labute approximate surface area is 210 Å². The van der Waals surface area contributed by atoms with E-state index in [0.29, 0.717) is 37.8 Å². The number of halogens is 1. The summed E-state index contributed by atoms with van der Waals surface area (Å²) in [4.78, 5) is 32.1. The second-order valence-electron chi connectivity index (χ2n) is 8.63. The molecule has 1 aliphatic heterocycles. The second kappa shape index (κ2) is 12.9. The molecule has 1 aromatic heterocycles. The molecule has 1 N–H and O–H groups in total. The molecule has 4 rings (SSSR count). The Kier molecular flexibility index (Phi) is 9.07. The fraction of sp³-hybridized carbons (Fsp3) is 0.333. The van der Waals surface area contributed by atoms with Crippen molar-refractivity contribution in [1.29, 1.82) is 0 Å². The molecule has 0 radical (unpaired) electrons. The summed E-state index contributed by atoms with van der Waals surface area (Å²) < 4.78 is 24.3. The molecule has 0 unspecified atom stereocenters. The molecule has 3 amide bonds. The Bertz CT molecular complexity index is 1090. The summed E-state index contributed by atoms with van der Waals surface area (Å²) in [6, 6.07) is 18.4. The first-order valence-electron chi connectivity index (χ1n) is 12.0. The SMILES string of the molecule is O=C(CN(CCN1CCOCC1)C(=O)Nc1ccccc1)N(Cc1ccc(F)cc1)Cc1ccco1. The van der Waals surface area contributed by atoms with E-state index >= 15 is 0 Å². The topological polar surface area (TPSA) is 78.3 Å². The fourth-order valence-corrected chi connectivity index (χ4v) is 3.96. The van der Waals surface area contributed by atoms with Crippen molar-refractivity contribution in [2.24, 2.45) is 0 Å². The van der Waals surface area contributed by atoms with Gasteiger partial charge in [0.1, 0.15) is 18.1 Å². The first kappa shape index (κ1) is 25.4. The lowest BCUT2D eigenvalue weighted by atomic mass is 10.2. The summed E-state index contributed by atoms with van der Waals surface area (Å²) in [5, 5.41) is 2.89. The maximum absolute atomic E-state index is 13.5. The van der Waals surface area contributed by atoms with Gasteiger partial charge in [0.25, 0.3) is 0 Å². The molecule has 0 saturated carbocycles. The zero-order chi connectivity index (χ0) is 25.2. The van der Waals surface area contributed by atoms with E-state index in [1.165, 1.54) is 17.0 Å². The number of furan rings is 1. The van der Waals surface area contributed by atoms with Crippen LogP contribution in [0.3, 0.4) is 0 Å². The van der Waals surface area contributed by atoms with Crippen LogP contribution in [-0.4, -0.2) is 72.6 Å². The predicted molar refractivity (Wildman–Crippen MR) is 134 cm³/mol. The van der Waals surface area contributed by atoms with Crippen molar-refractivity contribution < 1.29 is 23.1 Å². The highest BCUT2D eigenvalue weighted by molar-refractivity contribution is 5.92. The van der Waals surface area contributed by atoms with Crippen LogP contribution in [-0.2, 0) is 22.6 Å². The predicted octanol–water partition coefficient (Wildman–Crippen LogP) is 3.81. The van der Waals surface area contributed by atoms with E-state index in [2.05, 4.69) is 10.2 Å². The highest BCUT2D eigenvalue weighted by Gasteiger charge is 2.24. The second-order valence-corrected chi connectivity index (χ2v) is 8.63. The minimum Gasteiger partial charge on any atom is -0.467 e. The summed E-state index contributed by atoms with van der Waals surface area (Å²) >= 11 is 0. The van der Waals surface area contributed by atoms with E-state index < -0.39 is 0 Å². The number of morpholine rings is 1. The zero-order valence-electron chi connectivity index (χ0n) is 20.1. The maximum atomic E-state index is 13.5. The van der Waals surface area contributed by atoms with Gasteiger partial charge in [0.15, 0.2) is 0 Å². The van der Waals surface area contributed by atoms with Gasteiger partial charge >= 0.3 is 6.03 Å². The third kappa shape index (κ3) is 7.66. The van der Waals surface area contributed by atoms with Crippen LogP contribution >= 0.6 is 0 Å². The highest BCUT2D eigenvalue weighted by atomic mass is 19.1. The van der Waals surface area contributed by atoms with Gasteiger partial charge in [-0.05, 0) is 42.0 Å². The first-order chi connectivity index (χ1) is 17.6. The molecule has 1 saturated heterocycles. The normalized spacial score (nSPS) is 13.8. The molecule has 2 aromatic carbocycles. The Balaban J connectivity index is 1.47. The number of urea groups is 1. The molecule has 36 heavy (non-hydrogen) atoms. The van der Waals surface area contributed by atoms with Crippen LogP contribution in [0.4, 0.5) is 14.9 Å². The number of anilines is 1. The highest BCUT2D eigenvalue weighted by Crippen LogP contribution is 2.14. The largest absolute Gasteiger partial charge is 0.467 e. The molecule has 9 heteroatoms. The number of hydrogen-bond donors (Lipinski definition) is 1. The van der Waals surface area contributed by atoms with Gasteiger partial charge in [0, 0.05) is 38.4 Å². The van der Waals surface area contributed by atoms with Gasteiger partial charge in [-0.25, -0.2) is 9.18 Å². The zero-order valence-corrected chi connectivity index (χ0v) is 20.1. The Morgan fingerprint density at radius 2 is 1.67 bits per heavy atom. The van der Waals surface area contributed by atoms with Crippen LogP contribution in [0.25, 0.3) is 0 Å². The summed E-state index contributed by atoms with van der Waals surface area (Å²) in [7, 11) is 0. The number of nitrogens with one attached hydrogen (secondary N) is 1. The molecule has 8 nitrogen and oxygen atoms in total. The van der Waals surface area contributed by atoms with Gasteiger partial charge in [-0.1, -0.05) is 30.3 Å². The molecular formula is C27H31FN4O4. The molecule has 0 aliphatic carbocycles. The van der Waals surface area contributed by atoms with E-state index in [4.69, 9.17) is 9.15 Å². The van der Waals surface area contributed by atoms with Crippen LogP contribution < -0.4 is 5.32 Å². The van der Waals surface area contributed by atoms with Crippen LogP contribution in [0.5, 0.6) is 0 Å². The molecule has 1 aliphatic rings. The van der Waals surface area contributed by atoms with E-state index in [-0.39, 0.29) is 37.4 Å². The van der Waals surface area contributed by atoms with Gasteiger partial charge in [-0.3, -0.25) is 9.69 Å². The standard InChI is InChI=1S/C27H31FN4O4/c28-23-10-8-22(9-11-23)19-32(20-25-7-4-16-36-25)26(33)21-31(13-12-30-14-17-35-18-15-30)27(34)29-24-5-2-1-3-6-24/h1-11,16H,12-15,17-21H2,(H,29,34). The maximum Gasteiger partial charge on any atom is 0.322 e. The van der Waals surface area contributed by atoms with Gasteiger partial charge in [-0.2, -0.15) is 0 Å². The van der Waals surface area contributed by atoms with Crippen molar-refractivity contribution in [3.05, 3.63) is 90.1 Å². The van der Waals surface area contributed by atoms with Crippen molar-refractivity contribution >= 4 is 17.6 Å². The van der Waals surface area contributed by atoms with Crippen molar-refractivity contribution in [3.8, 4) is 0 Å². The summed E-state index contributed by atoms with van der Waals surface area (Å²) in [6.45, 7) is 4.30. The van der Waals surface area contributed by atoms with Gasteiger partial charge in [0.2, 0.25) is 5.91 Å². The fourth-order valence-electron chi connectivity index (χ4n) is 3.96. The van der Waals surface area contributed by atoms with Crippen molar-refractivity contribution in [1.82, 2.24) is 14.7 Å². The molecule has 0 bridgehead atoms. The van der Waals surface area contributed by atoms with Crippen molar-refractivity contribution in [2.45, 2.75) is 13.1 Å². The average molecular weight is 495 g/mol. The van der Waals surface area contributed by atoms with Crippen LogP contribution in [0.1, 0.15) is 11.3 Å². The van der Waals surface area contributed by atoms with E-state index in [0.717, 1.165) is 18.7 Å². The molecule has 0 spiro atoms. The third-order valence-corrected chi connectivity index (χ3v) is 5.99.